The summed E-state index contributed by atoms with van der Waals surface area (Å²) in [5.74, 6) is -0.352. The molecule has 2 amide bonds. The van der Waals surface area contributed by atoms with Crippen LogP contribution in [-0.2, 0) is 19.1 Å². The third kappa shape index (κ3) is 11.6. The summed E-state index contributed by atoms with van der Waals surface area (Å²) < 4.78 is 12.5. The van der Waals surface area contributed by atoms with Crippen LogP contribution in [0.2, 0.25) is 0 Å². The van der Waals surface area contributed by atoms with E-state index in [2.05, 4.69) is 22.9 Å². The number of carbonyl (C=O) groups excluding carboxylic acids is 2. The Morgan fingerprint density at radius 3 is 2.06 bits per heavy atom. The number of amides is 2. The highest BCUT2D eigenvalue weighted by Crippen LogP contribution is 1.87. The summed E-state index contributed by atoms with van der Waals surface area (Å²) in [5, 5.41) is 11.0. The number of hydrogen-bond donors (Lipinski definition) is 4. The molecule has 0 fully saturated rings. The monoisotopic (exact) mass is 280 g/mol. The Kier molecular flexibility index (Phi) is 12.0. The maximum atomic E-state index is 11.1. The van der Waals surface area contributed by atoms with Crippen LogP contribution in [0.4, 0.5) is 0 Å². The molecule has 0 spiro atoms. The lowest BCUT2D eigenvalue weighted by Gasteiger charge is -2.06. The first-order valence-corrected chi connectivity index (χ1v) is 6.11. The molecule has 0 aromatic rings. The number of rotatable bonds is 11. The highest BCUT2D eigenvalue weighted by molar-refractivity contribution is 7.78. The molecule has 3 N–H and O–H groups in total. The molecule has 106 valence electrons. The standard InChI is InChI=1S/C10H20N2O5S/c13-4-3-11-9(14)1-5-16-7-8-17-6-2-10(15)12-18/h13,18H,1-8H2,(H,11,14)(H,12,15). The van der Waals surface area contributed by atoms with E-state index in [0.29, 0.717) is 26.4 Å². The van der Waals surface area contributed by atoms with Crippen molar-refractivity contribution < 1.29 is 24.2 Å². The van der Waals surface area contributed by atoms with Gasteiger partial charge in [-0.3, -0.25) is 9.59 Å². The van der Waals surface area contributed by atoms with Crippen LogP contribution in [0.1, 0.15) is 12.8 Å². The van der Waals surface area contributed by atoms with Crippen molar-refractivity contribution in [2.45, 2.75) is 12.8 Å². The number of hydrogen-bond acceptors (Lipinski definition) is 6. The second-order valence-corrected chi connectivity index (χ2v) is 3.56. The molecule has 0 aliphatic carbocycles. The highest BCUT2D eigenvalue weighted by atomic mass is 32.1. The van der Waals surface area contributed by atoms with Crippen LogP contribution >= 0.6 is 12.8 Å². The maximum absolute atomic E-state index is 11.1. The van der Waals surface area contributed by atoms with Crippen LogP contribution < -0.4 is 10.0 Å². The van der Waals surface area contributed by atoms with E-state index in [1.54, 1.807) is 0 Å². The van der Waals surface area contributed by atoms with Gasteiger partial charge in [-0.15, -0.1) is 0 Å². The molecule has 0 atom stereocenters. The Labute approximate surface area is 112 Å². The number of nitrogens with one attached hydrogen (secondary N) is 2. The Balaban J connectivity index is 3.16. The summed E-state index contributed by atoms with van der Waals surface area (Å²) in [6.45, 7) is 1.55. The Morgan fingerprint density at radius 1 is 1.00 bits per heavy atom. The predicted octanol–water partition coefficient (Wildman–Crippen LogP) is -1.13. The van der Waals surface area contributed by atoms with Gasteiger partial charge in [0, 0.05) is 13.0 Å². The van der Waals surface area contributed by atoms with Gasteiger partial charge in [0.25, 0.3) is 0 Å². The Bertz CT molecular complexity index is 240. The van der Waals surface area contributed by atoms with Gasteiger partial charge in [0.15, 0.2) is 0 Å². The molecule has 0 bridgehead atoms. The lowest BCUT2D eigenvalue weighted by molar-refractivity contribution is -0.123. The molecule has 7 nitrogen and oxygen atoms in total. The molecule has 0 aromatic carbocycles. The molecule has 0 heterocycles. The van der Waals surface area contributed by atoms with Crippen molar-refractivity contribution in [3.63, 3.8) is 0 Å². The van der Waals surface area contributed by atoms with Crippen molar-refractivity contribution in [3.8, 4) is 0 Å². The zero-order valence-corrected chi connectivity index (χ0v) is 11.1. The van der Waals surface area contributed by atoms with E-state index in [-0.39, 0.29) is 37.8 Å². The zero-order chi connectivity index (χ0) is 13.6. The van der Waals surface area contributed by atoms with Crippen molar-refractivity contribution in [1.82, 2.24) is 10.0 Å². The van der Waals surface area contributed by atoms with Crippen LogP contribution in [0.3, 0.4) is 0 Å². The van der Waals surface area contributed by atoms with Gasteiger partial charge in [0.2, 0.25) is 11.8 Å². The molecule has 0 rings (SSSR count). The van der Waals surface area contributed by atoms with E-state index >= 15 is 0 Å². The van der Waals surface area contributed by atoms with Crippen LogP contribution in [0, 0.1) is 0 Å². The molecule has 8 heteroatoms. The fourth-order valence-electron chi connectivity index (χ4n) is 0.991. The summed E-state index contributed by atoms with van der Waals surface area (Å²) in [7, 11) is 0. The van der Waals surface area contributed by atoms with Crippen molar-refractivity contribution in [2.75, 3.05) is 39.6 Å². The molecular weight excluding hydrogens is 260 g/mol. The van der Waals surface area contributed by atoms with Crippen molar-refractivity contribution in [1.29, 1.82) is 0 Å². The fourth-order valence-corrected chi connectivity index (χ4v) is 1.10. The van der Waals surface area contributed by atoms with E-state index in [4.69, 9.17) is 14.6 Å². The average molecular weight is 280 g/mol. The fraction of sp³-hybridized carbons (Fsp3) is 0.800. The summed E-state index contributed by atoms with van der Waals surface area (Å²) in [6.07, 6.45) is 0.509. The van der Waals surface area contributed by atoms with Gasteiger partial charge in [0.1, 0.15) is 0 Å². The Morgan fingerprint density at radius 2 is 1.56 bits per heavy atom. The first-order chi connectivity index (χ1) is 8.70. The van der Waals surface area contributed by atoms with Crippen molar-refractivity contribution >= 4 is 24.6 Å². The van der Waals surface area contributed by atoms with Gasteiger partial charge in [0.05, 0.1) is 39.5 Å². The summed E-state index contributed by atoms with van der Waals surface area (Å²) in [5.41, 5.74) is 0. The van der Waals surface area contributed by atoms with Gasteiger partial charge < -0.3 is 24.6 Å². The smallest absolute Gasteiger partial charge is 0.231 e. The molecule has 18 heavy (non-hydrogen) atoms. The average Bonchev–Trinajstić information content (AvgIpc) is 2.38. The summed E-state index contributed by atoms with van der Waals surface area (Å²) >= 11 is 3.60. The van der Waals surface area contributed by atoms with Crippen molar-refractivity contribution in [2.24, 2.45) is 0 Å². The normalized spacial score (nSPS) is 10.1. The van der Waals surface area contributed by atoms with E-state index in [1.807, 2.05) is 0 Å². The maximum Gasteiger partial charge on any atom is 0.231 e. The molecule has 0 unspecified atom stereocenters. The van der Waals surface area contributed by atoms with E-state index in [0.717, 1.165) is 0 Å². The molecule has 0 aliphatic rings. The molecule has 0 saturated carbocycles. The van der Waals surface area contributed by atoms with Crippen molar-refractivity contribution in [3.05, 3.63) is 0 Å². The van der Waals surface area contributed by atoms with E-state index in [1.165, 1.54) is 0 Å². The number of thiol groups is 1. The quantitative estimate of drug-likeness (QED) is 0.284. The second kappa shape index (κ2) is 12.6. The van der Waals surface area contributed by atoms with E-state index < -0.39 is 0 Å². The summed E-state index contributed by atoms with van der Waals surface area (Å²) in [6, 6.07) is 0. The van der Waals surface area contributed by atoms with Crippen LogP contribution in [0.5, 0.6) is 0 Å². The minimum Gasteiger partial charge on any atom is -0.395 e. The van der Waals surface area contributed by atoms with Gasteiger partial charge in [-0.05, 0) is 0 Å². The lowest BCUT2D eigenvalue weighted by Crippen LogP contribution is -2.27. The Hall–Kier alpha value is -0.830. The molecule has 0 aromatic heterocycles. The van der Waals surface area contributed by atoms with E-state index in [9.17, 15) is 9.59 Å². The lowest BCUT2D eigenvalue weighted by atomic mass is 10.4. The van der Waals surface area contributed by atoms with Gasteiger partial charge in [-0.25, -0.2) is 0 Å². The molecule has 0 radical (unpaired) electrons. The molecule has 0 aliphatic heterocycles. The summed E-state index contributed by atoms with van der Waals surface area (Å²) in [4.78, 5) is 21.8. The minimum absolute atomic E-state index is 0.0691. The zero-order valence-electron chi connectivity index (χ0n) is 10.2. The van der Waals surface area contributed by atoms with Crippen LogP contribution in [-0.4, -0.2) is 56.5 Å². The van der Waals surface area contributed by atoms with Gasteiger partial charge >= 0.3 is 0 Å². The number of ether oxygens (including phenoxy) is 2. The largest absolute Gasteiger partial charge is 0.395 e. The third-order valence-electron chi connectivity index (χ3n) is 1.88. The second-order valence-electron chi connectivity index (χ2n) is 3.33. The topological polar surface area (TPSA) is 96.9 Å². The molecule has 0 saturated heterocycles. The van der Waals surface area contributed by atoms with Gasteiger partial charge in [-0.2, -0.15) is 0 Å². The van der Waals surface area contributed by atoms with Crippen LogP contribution in [0.15, 0.2) is 0 Å². The predicted molar refractivity (Wildman–Crippen MR) is 68.1 cm³/mol. The number of aliphatic hydroxyl groups is 1. The number of carbonyl (C=O) groups is 2. The highest BCUT2D eigenvalue weighted by Gasteiger charge is 2.00. The SMILES string of the molecule is O=C(CCOCCOCCC(=O)NCCO)NS. The third-order valence-corrected chi connectivity index (χ3v) is 2.13. The first kappa shape index (κ1) is 17.2. The minimum atomic E-state index is -0.195. The van der Waals surface area contributed by atoms with Gasteiger partial charge in [-0.1, -0.05) is 12.8 Å². The van der Waals surface area contributed by atoms with Crippen LogP contribution in [0.25, 0.3) is 0 Å². The molecular formula is C10H20N2O5S. The number of aliphatic hydroxyl groups excluding tert-OH is 1. The first-order valence-electron chi connectivity index (χ1n) is 5.66.